The molecule has 0 aromatic heterocycles. The second-order valence-electron chi connectivity index (χ2n) is 5.67. The minimum atomic E-state index is 0.786. The van der Waals surface area contributed by atoms with Gasteiger partial charge in [-0.3, -0.25) is 0 Å². The Labute approximate surface area is 106 Å². The lowest BCUT2D eigenvalue weighted by atomic mass is 9.93. The number of hydrogen-bond donors (Lipinski definition) is 1. The first kappa shape index (κ1) is 13.1. The van der Waals surface area contributed by atoms with Crippen LogP contribution in [0, 0.1) is 5.92 Å². The molecule has 98 valence electrons. The Morgan fingerprint density at radius 3 is 2.65 bits per heavy atom. The van der Waals surface area contributed by atoms with Gasteiger partial charge in [-0.25, -0.2) is 0 Å². The van der Waals surface area contributed by atoms with Gasteiger partial charge in [-0.1, -0.05) is 19.1 Å². The molecule has 1 fully saturated rings. The van der Waals surface area contributed by atoms with Crippen molar-refractivity contribution in [2.75, 3.05) is 26.2 Å². The van der Waals surface area contributed by atoms with Crippen LogP contribution < -0.4 is 5.32 Å². The van der Waals surface area contributed by atoms with Gasteiger partial charge in [0.15, 0.2) is 0 Å². The summed E-state index contributed by atoms with van der Waals surface area (Å²) < 4.78 is 0. The summed E-state index contributed by atoms with van der Waals surface area (Å²) in [6, 6.07) is 0.786. The lowest BCUT2D eigenvalue weighted by molar-refractivity contribution is 0.194. The van der Waals surface area contributed by atoms with Crippen molar-refractivity contribution in [1.29, 1.82) is 0 Å². The van der Waals surface area contributed by atoms with Crippen molar-refractivity contribution in [2.24, 2.45) is 5.92 Å². The Balaban J connectivity index is 1.59. The molecule has 1 saturated heterocycles. The number of likely N-dealkylation sites (tertiary alicyclic amines) is 1. The van der Waals surface area contributed by atoms with Crippen LogP contribution >= 0.6 is 0 Å². The highest BCUT2D eigenvalue weighted by atomic mass is 15.1. The Hall–Kier alpha value is -0.340. The van der Waals surface area contributed by atoms with E-state index >= 15 is 0 Å². The summed E-state index contributed by atoms with van der Waals surface area (Å²) in [6.07, 6.45) is 12.7. The van der Waals surface area contributed by atoms with Crippen LogP contribution in [0.15, 0.2) is 12.2 Å². The van der Waals surface area contributed by atoms with Crippen molar-refractivity contribution in [3.8, 4) is 0 Å². The smallest absolute Gasteiger partial charge is 0.00915 e. The van der Waals surface area contributed by atoms with Crippen LogP contribution in [-0.4, -0.2) is 37.1 Å². The maximum atomic E-state index is 3.79. The van der Waals surface area contributed by atoms with Crippen LogP contribution in [0.4, 0.5) is 0 Å². The van der Waals surface area contributed by atoms with Gasteiger partial charge in [0, 0.05) is 6.04 Å². The molecule has 1 N–H and O–H groups in total. The molecule has 0 spiro atoms. The topological polar surface area (TPSA) is 15.3 Å². The summed E-state index contributed by atoms with van der Waals surface area (Å²) in [5.41, 5.74) is 0. The standard InChI is InChI=1S/C15H28N2/c1-2-10-17-11-8-15(9-12-17)16-13-14-6-4-3-5-7-14/h3-4,14-16H,2,5-13H2,1H3. The van der Waals surface area contributed by atoms with E-state index in [-0.39, 0.29) is 0 Å². The Morgan fingerprint density at radius 2 is 2.00 bits per heavy atom. The fourth-order valence-corrected chi connectivity index (χ4v) is 3.05. The number of nitrogens with one attached hydrogen (secondary N) is 1. The highest BCUT2D eigenvalue weighted by Gasteiger charge is 2.19. The SMILES string of the molecule is CCCN1CCC(NCC2CC=CCC2)CC1. The zero-order valence-electron chi connectivity index (χ0n) is 11.3. The predicted octanol–water partition coefficient (Wildman–Crippen LogP) is 2.81. The first-order valence-corrected chi connectivity index (χ1v) is 7.49. The molecule has 1 aliphatic carbocycles. The summed E-state index contributed by atoms with van der Waals surface area (Å²) in [4.78, 5) is 2.61. The number of rotatable bonds is 5. The van der Waals surface area contributed by atoms with Gasteiger partial charge in [-0.05, 0) is 70.6 Å². The van der Waals surface area contributed by atoms with Gasteiger partial charge in [-0.2, -0.15) is 0 Å². The summed E-state index contributed by atoms with van der Waals surface area (Å²) in [6.45, 7) is 7.41. The van der Waals surface area contributed by atoms with Gasteiger partial charge < -0.3 is 10.2 Å². The zero-order chi connectivity index (χ0) is 11.9. The van der Waals surface area contributed by atoms with Crippen LogP contribution in [0.25, 0.3) is 0 Å². The van der Waals surface area contributed by atoms with Crippen LogP contribution in [0.3, 0.4) is 0 Å². The minimum Gasteiger partial charge on any atom is -0.314 e. The van der Waals surface area contributed by atoms with Gasteiger partial charge >= 0.3 is 0 Å². The lowest BCUT2D eigenvalue weighted by Crippen LogP contribution is -2.44. The van der Waals surface area contributed by atoms with E-state index in [1.165, 1.54) is 64.7 Å². The van der Waals surface area contributed by atoms with E-state index in [1.54, 1.807) is 0 Å². The van der Waals surface area contributed by atoms with E-state index in [2.05, 4.69) is 29.3 Å². The predicted molar refractivity (Wildman–Crippen MR) is 74.2 cm³/mol. The van der Waals surface area contributed by atoms with E-state index in [1.807, 2.05) is 0 Å². The molecule has 0 radical (unpaired) electrons. The van der Waals surface area contributed by atoms with Crippen molar-refractivity contribution in [3.63, 3.8) is 0 Å². The van der Waals surface area contributed by atoms with Gasteiger partial charge in [0.25, 0.3) is 0 Å². The van der Waals surface area contributed by atoms with Crippen molar-refractivity contribution in [3.05, 3.63) is 12.2 Å². The second-order valence-corrected chi connectivity index (χ2v) is 5.67. The molecule has 2 aliphatic rings. The first-order valence-electron chi connectivity index (χ1n) is 7.49. The van der Waals surface area contributed by atoms with Crippen molar-refractivity contribution >= 4 is 0 Å². The van der Waals surface area contributed by atoms with Crippen LogP contribution in [-0.2, 0) is 0 Å². The van der Waals surface area contributed by atoms with Crippen molar-refractivity contribution in [2.45, 2.75) is 51.5 Å². The summed E-state index contributed by atoms with van der Waals surface area (Å²) in [7, 11) is 0. The molecule has 0 bridgehead atoms. The number of allylic oxidation sites excluding steroid dienone is 2. The molecule has 1 unspecified atom stereocenters. The molecule has 0 saturated carbocycles. The monoisotopic (exact) mass is 236 g/mol. The number of nitrogens with zero attached hydrogens (tertiary/aromatic N) is 1. The largest absolute Gasteiger partial charge is 0.314 e. The van der Waals surface area contributed by atoms with E-state index < -0.39 is 0 Å². The molecule has 2 nitrogen and oxygen atoms in total. The van der Waals surface area contributed by atoms with Crippen molar-refractivity contribution in [1.82, 2.24) is 10.2 Å². The summed E-state index contributed by atoms with van der Waals surface area (Å²) in [5.74, 6) is 0.897. The second kappa shape index (κ2) is 7.17. The Kier molecular flexibility index (Phi) is 5.53. The molecule has 1 heterocycles. The average Bonchev–Trinajstić information content (AvgIpc) is 2.40. The molecule has 2 heteroatoms. The van der Waals surface area contributed by atoms with E-state index in [4.69, 9.17) is 0 Å². The zero-order valence-corrected chi connectivity index (χ0v) is 11.3. The normalized spacial score (nSPS) is 27.5. The molecule has 0 aromatic rings. The average molecular weight is 236 g/mol. The molecular formula is C15H28N2. The van der Waals surface area contributed by atoms with Gasteiger partial charge in [0.1, 0.15) is 0 Å². The molecule has 2 rings (SSSR count). The van der Waals surface area contributed by atoms with E-state index in [0.29, 0.717) is 0 Å². The fraction of sp³-hybridized carbons (Fsp3) is 0.867. The van der Waals surface area contributed by atoms with Crippen LogP contribution in [0.1, 0.15) is 45.4 Å². The fourth-order valence-electron chi connectivity index (χ4n) is 3.05. The first-order chi connectivity index (χ1) is 8.38. The Bertz CT molecular complexity index is 229. The van der Waals surface area contributed by atoms with Crippen LogP contribution in [0.5, 0.6) is 0 Å². The molecule has 0 amide bonds. The van der Waals surface area contributed by atoms with Crippen LogP contribution in [0.2, 0.25) is 0 Å². The maximum absolute atomic E-state index is 3.79. The number of piperidine rings is 1. The third-order valence-electron chi connectivity index (χ3n) is 4.20. The minimum absolute atomic E-state index is 0.786. The van der Waals surface area contributed by atoms with Gasteiger partial charge in [0.05, 0.1) is 0 Å². The van der Waals surface area contributed by atoms with Gasteiger partial charge in [0.2, 0.25) is 0 Å². The van der Waals surface area contributed by atoms with Gasteiger partial charge in [-0.15, -0.1) is 0 Å². The summed E-state index contributed by atoms with van der Waals surface area (Å²) in [5, 5.41) is 3.79. The number of hydrogen-bond acceptors (Lipinski definition) is 2. The molecule has 1 atom stereocenters. The summed E-state index contributed by atoms with van der Waals surface area (Å²) >= 11 is 0. The third kappa shape index (κ3) is 4.44. The molecule has 0 aromatic carbocycles. The van der Waals surface area contributed by atoms with E-state index in [0.717, 1.165) is 12.0 Å². The molecule has 1 aliphatic heterocycles. The Morgan fingerprint density at radius 1 is 1.18 bits per heavy atom. The maximum Gasteiger partial charge on any atom is 0.00915 e. The third-order valence-corrected chi connectivity index (χ3v) is 4.20. The van der Waals surface area contributed by atoms with Crippen molar-refractivity contribution < 1.29 is 0 Å². The lowest BCUT2D eigenvalue weighted by Gasteiger charge is -2.33. The molecule has 17 heavy (non-hydrogen) atoms. The quantitative estimate of drug-likeness (QED) is 0.738. The highest BCUT2D eigenvalue weighted by Crippen LogP contribution is 2.18. The van der Waals surface area contributed by atoms with E-state index in [9.17, 15) is 0 Å². The molecular weight excluding hydrogens is 208 g/mol. The highest BCUT2D eigenvalue weighted by molar-refractivity contribution is 4.91.